The van der Waals surface area contributed by atoms with Gasteiger partial charge >= 0.3 is 6.01 Å². The zero-order valence-corrected chi connectivity index (χ0v) is 16.0. The summed E-state index contributed by atoms with van der Waals surface area (Å²) in [7, 11) is 1.60. The number of anilines is 1. The predicted molar refractivity (Wildman–Crippen MR) is 106 cm³/mol. The Morgan fingerprint density at radius 2 is 1.89 bits per heavy atom. The van der Waals surface area contributed by atoms with Crippen LogP contribution >= 0.6 is 0 Å². The topological polar surface area (TPSA) is 86.5 Å². The van der Waals surface area contributed by atoms with Gasteiger partial charge in [0.25, 0.3) is 5.91 Å². The molecule has 146 valence electrons. The van der Waals surface area contributed by atoms with E-state index in [1.807, 2.05) is 6.07 Å². The molecule has 1 heterocycles. The van der Waals surface area contributed by atoms with Gasteiger partial charge in [0.05, 0.1) is 13.7 Å². The Bertz CT molecular complexity index is 906. The fourth-order valence-corrected chi connectivity index (χ4v) is 2.56. The Labute approximate surface area is 163 Å². The maximum absolute atomic E-state index is 12.5. The van der Waals surface area contributed by atoms with E-state index in [1.54, 1.807) is 49.6 Å². The first kappa shape index (κ1) is 19.4. The number of rotatable bonds is 9. The molecule has 0 saturated carbocycles. The normalized spacial score (nSPS) is 10.5. The largest absolute Gasteiger partial charge is 0.497 e. The van der Waals surface area contributed by atoms with Gasteiger partial charge in [0, 0.05) is 11.1 Å². The van der Waals surface area contributed by atoms with E-state index in [2.05, 4.69) is 22.4 Å². The maximum Gasteiger partial charge on any atom is 0.322 e. The van der Waals surface area contributed by atoms with E-state index < -0.39 is 0 Å². The van der Waals surface area contributed by atoms with Crippen LogP contribution in [0.25, 0.3) is 11.5 Å². The molecule has 2 aromatic carbocycles. The summed E-state index contributed by atoms with van der Waals surface area (Å²) >= 11 is 0. The van der Waals surface area contributed by atoms with Gasteiger partial charge < -0.3 is 13.9 Å². The molecule has 28 heavy (non-hydrogen) atoms. The van der Waals surface area contributed by atoms with E-state index in [9.17, 15) is 4.79 Å². The number of hydrogen-bond donors (Lipinski definition) is 1. The van der Waals surface area contributed by atoms with Gasteiger partial charge in [-0.3, -0.25) is 10.1 Å². The molecule has 3 aromatic rings. The smallest absolute Gasteiger partial charge is 0.322 e. The highest BCUT2D eigenvalue weighted by Crippen LogP contribution is 2.23. The average molecular weight is 381 g/mol. The van der Waals surface area contributed by atoms with Gasteiger partial charge in [-0.15, -0.1) is 5.10 Å². The molecule has 0 atom stereocenters. The van der Waals surface area contributed by atoms with Crippen LogP contribution in [0.2, 0.25) is 0 Å². The first-order chi connectivity index (χ1) is 13.7. The Morgan fingerprint density at radius 3 is 2.64 bits per heavy atom. The second kappa shape index (κ2) is 9.55. The zero-order valence-electron chi connectivity index (χ0n) is 16.0. The average Bonchev–Trinajstić information content (AvgIpc) is 3.20. The Kier molecular flexibility index (Phi) is 6.62. The molecule has 0 aliphatic carbocycles. The quantitative estimate of drug-likeness (QED) is 0.547. The first-order valence-corrected chi connectivity index (χ1v) is 9.21. The maximum atomic E-state index is 12.5. The standard InChI is InChI=1S/C21H23N3O4/c1-3-4-5-13-27-18-8-6-7-16(14-18)19(25)22-21-24-23-20(28-21)15-9-11-17(26-2)12-10-15/h6-12,14H,3-5,13H2,1-2H3,(H,22,24,25). The summed E-state index contributed by atoms with van der Waals surface area (Å²) in [5.74, 6) is 1.36. The van der Waals surface area contributed by atoms with Gasteiger partial charge in [0.2, 0.25) is 5.89 Å². The third kappa shape index (κ3) is 5.09. The highest BCUT2D eigenvalue weighted by atomic mass is 16.5. The van der Waals surface area contributed by atoms with E-state index in [4.69, 9.17) is 13.9 Å². The number of unbranched alkanes of at least 4 members (excludes halogenated alkanes) is 2. The third-order valence-electron chi connectivity index (χ3n) is 4.10. The monoisotopic (exact) mass is 381 g/mol. The van der Waals surface area contributed by atoms with Gasteiger partial charge in [-0.05, 0) is 48.9 Å². The lowest BCUT2D eigenvalue weighted by atomic mass is 10.2. The number of nitrogens with one attached hydrogen (secondary N) is 1. The fourth-order valence-electron chi connectivity index (χ4n) is 2.56. The van der Waals surface area contributed by atoms with E-state index in [0.29, 0.717) is 23.8 Å². The molecular weight excluding hydrogens is 358 g/mol. The van der Waals surface area contributed by atoms with Crippen molar-refractivity contribution in [2.45, 2.75) is 26.2 Å². The number of methoxy groups -OCH3 is 1. The van der Waals surface area contributed by atoms with Gasteiger partial charge in [-0.2, -0.15) is 0 Å². The molecule has 1 amide bonds. The van der Waals surface area contributed by atoms with Crippen molar-refractivity contribution in [1.82, 2.24) is 10.2 Å². The highest BCUT2D eigenvalue weighted by Gasteiger charge is 2.13. The lowest BCUT2D eigenvalue weighted by Crippen LogP contribution is -2.12. The molecule has 7 heteroatoms. The Morgan fingerprint density at radius 1 is 1.07 bits per heavy atom. The molecule has 0 aliphatic heterocycles. The van der Waals surface area contributed by atoms with Crippen molar-refractivity contribution < 1.29 is 18.7 Å². The van der Waals surface area contributed by atoms with Crippen LogP contribution in [0.4, 0.5) is 6.01 Å². The fraction of sp³-hybridized carbons (Fsp3) is 0.286. The molecule has 0 saturated heterocycles. The number of amides is 1. The Balaban J connectivity index is 1.62. The number of benzene rings is 2. The van der Waals surface area contributed by atoms with Gasteiger partial charge in [0.15, 0.2) is 0 Å². The van der Waals surface area contributed by atoms with E-state index in [1.165, 1.54) is 0 Å². The minimum absolute atomic E-state index is 0.0325. The molecule has 0 aliphatic rings. The minimum atomic E-state index is -0.344. The number of nitrogens with zero attached hydrogens (tertiary/aromatic N) is 2. The zero-order chi connectivity index (χ0) is 19.8. The predicted octanol–water partition coefficient (Wildman–Crippen LogP) is 4.57. The molecule has 0 spiro atoms. The molecule has 7 nitrogen and oxygen atoms in total. The van der Waals surface area contributed by atoms with Crippen LogP contribution in [-0.4, -0.2) is 29.8 Å². The summed E-state index contributed by atoms with van der Waals surface area (Å²) in [4.78, 5) is 12.5. The van der Waals surface area contributed by atoms with E-state index in [-0.39, 0.29) is 11.9 Å². The van der Waals surface area contributed by atoms with Gasteiger partial charge in [-0.25, -0.2) is 0 Å². The van der Waals surface area contributed by atoms with Crippen LogP contribution < -0.4 is 14.8 Å². The van der Waals surface area contributed by atoms with Crippen molar-refractivity contribution in [3.8, 4) is 23.0 Å². The lowest BCUT2D eigenvalue weighted by Gasteiger charge is -2.07. The lowest BCUT2D eigenvalue weighted by molar-refractivity contribution is 0.102. The van der Waals surface area contributed by atoms with Crippen molar-refractivity contribution in [3.63, 3.8) is 0 Å². The number of hydrogen-bond acceptors (Lipinski definition) is 6. The van der Waals surface area contributed by atoms with Crippen molar-refractivity contribution in [2.75, 3.05) is 19.0 Å². The van der Waals surface area contributed by atoms with Crippen LogP contribution in [0.1, 0.15) is 36.5 Å². The SMILES string of the molecule is CCCCCOc1cccc(C(=O)Nc2nnc(-c3ccc(OC)cc3)o2)c1. The van der Waals surface area contributed by atoms with Crippen LogP contribution in [0.5, 0.6) is 11.5 Å². The van der Waals surface area contributed by atoms with Crippen molar-refractivity contribution in [3.05, 3.63) is 54.1 Å². The summed E-state index contributed by atoms with van der Waals surface area (Å²) in [6, 6.07) is 14.2. The molecule has 1 N–H and O–H groups in total. The summed E-state index contributed by atoms with van der Waals surface area (Å²) in [5, 5.41) is 10.5. The minimum Gasteiger partial charge on any atom is -0.497 e. The van der Waals surface area contributed by atoms with Crippen molar-refractivity contribution in [2.24, 2.45) is 0 Å². The first-order valence-electron chi connectivity index (χ1n) is 9.21. The summed E-state index contributed by atoms with van der Waals surface area (Å²) in [5.41, 5.74) is 1.19. The van der Waals surface area contributed by atoms with Gasteiger partial charge in [0.1, 0.15) is 11.5 Å². The second-order valence-electron chi connectivity index (χ2n) is 6.18. The summed E-state index contributed by atoms with van der Waals surface area (Å²) < 4.78 is 16.3. The van der Waals surface area contributed by atoms with E-state index >= 15 is 0 Å². The van der Waals surface area contributed by atoms with Crippen LogP contribution in [0, 0.1) is 0 Å². The summed E-state index contributed by atoms with van der Waals surface area (Å²) in [6.45, 7) is 2.77. The number of ether oxygens (including phenoxy) is 2. The summed E-state index contributed by atoms with van der Waals surface area (Å²) in [6.07, 6.45) is 3.24. The molecule has 0 radical (unpaired) electrons. The van der Waals surface area contributed by atoms with Gasteiger partial charge in [-0.1, -0.05) is 30.9 Å². The highest BCUT2D eigenvalue weighted by molar-refractivity contribution is 6.03. The van der Waals surface area contributed by atoms with Crippen LogP contribution in [0.15, 0.2) is 52.9 Å². The molecule has 0 unspecified atom stereocenters. The Hall–Kier alpha value is -3.35. The third-order valence-corrected chi connectivity index (χ3v) is 4.10. The van der Waals surface area contributed by atoms with E-state index in [0.717, 1.165) is 30.6 Å². The molecular formula is C21H23N3O4. The second-order valence-corrected chi connectivity index (χ2v) is 6.18. The number of carbonyl (C=O) groups is 1. The molecule has 3 rings (SSSR count). The number of carbonyl (C=O) groups excluding carboxylic acids is 1. The molecule has 1 aromatic heterocycles. The van der Waals surface area contributed by atoms with Crippen molar-refractivity contribution in [1.29, 1.82) is 0 Å². The van der Waals surface area contributed by atoms with Crippen molar-refractivity contribution >= 4 is 11.9 Å². The molecule has 0 fully saturated rings. The number of aromatic nitrogens is 2. The van der Waals surface area contributed by atoms with Crippen LogP contribution in [-0.2, 0) is 0 Å². The molecule has 0 bridgehead atoms. The van der Waals surface area contributed by atoms with Crippen LogP contribution in [0.3, 0.4) is 0 Å².